The Kier molecular flexibility index (Phi) is 9.56. The Morgan fingerprint density at radius 1 is 0.870 bits per heavy atom. The van der Waals surface area contributed by atoms with Crippen LogP contribution in [0.2, 0.25) is 0 Å². The van der Waals surface area contributed by atoms with Gasteiger partial charge >= 0.3 is 0 Å². The lowest BCUT2D eigenvalue weighted by molar-refractivity contribution is -0.139. The molecule has 5 nitrogen and oxygen atoms in total. The lowest BCUT2D eigenvalue weighted by atomic mass is 9.86. The van der Waals surface area contributed by atoms with Crippen molar-refractivity contribution >= 4 is 24.2 Å². The van der Waals surface area contributed by atoms with Gasteiger partial charge in [-0.25, -0.2) is 0 Å². The van der Waals surface area contributed by atoms with Crippen LogP contribution in [0, 0.1) is 5.92 Å². The van der Waals surface area contributed by atoms with Crippen LogP contribution in [0.4, 0.5) is 0 Å². The highest BCUT2D eigenvalue weighted by Gasteiger charge is 2.24. The lowest BCUT2D eigenvalue weighted by Crippen LogP contribution is -2.50. The predicted molar refractivity (Wildman–Crippen MR) is 94.5 cm³/mol. The van der Waals surface area contributed by atoms with Crippen LogP contribution in [-0.4, -0.2) is 54.3 Å². The van der Waals surface area contributed by atoms with E-state index in [1.54, 1.807) is 0 Å². The number of carbonyl (C=O) groups excluding carboxylic acids is 2. The van der Waals surface area contributed by atoms with Crippen LogP contribution in [0.15, 0.2) is 0 Å². The third-order valence-electron chi connectivity index (χ3n) is 5.07. The molecule has 0 unspecified atom stereocenters. The van der Waals surface area contributed by atoms with Gasteiger partial charge < -0.3 is 15.5 Å². The molecule has 134 valence electrons. The Morgan fingerprint density at radius 3 is 1.91 bits per heavy atom. The topological polar surface area (TPSA) is 66.6 Å². The molecule has 0 aromatic rings. The molecule has 2 amide bonds. The number of nitrogens with two attached hydrogens (primary N) is 1. The second kappa shape index (κ2) is 10.9. The van der Waals surface area contributed by atoms with E-state index in [2.05, 4.69) is 0 Å². The van der Waals surface area contributed by atoms with Crippen LogP contribution in [0.5, 0.6) is 0 Å². The summed E-state index contributed by atoms with van der Waals surface area (Å²) in [6, 6.07) is 0. The molecule has 6 heteroatoms. The molecule has 1 saturated heterocycles. The Bertz CT molecular complexity index is 365. The minimum Gasteiger partial charge on any atom is -0.339 e. The number of carbonyl (C=O) groups is 2. The number of hydrogen-bond acceptors (Lipinski definition) is 3. The van der Waals surface area contributed by atoms with Gasteiger partial charge in [0.2, 0.25) is 11.8 Å². The molecule has 2 aliphatic rings. The Morgan fingerprint density at radius 2 is 1.39 bits per heavy atom. The summed E-state index contributed by atoms with van der Waals surface area (Å²) in [6.07, 6.45) is 9.66. The highest BCUT2D eigenvalue weighted by Crippen LogP contribution is 2.27. The molecule has 0 atom stereocenters. The Balaban J connectivity index is 0.00000264. The van der Waals surface area contributed by atoms with Crippen molar-refractivity contribution in [2.45, 2.75) is 57.8 Å². The summed E-state index contributed by atoms with van der Waals surface area (Å²) in [5.74, 6) is 1.22. The molecule has 0 radical (unpaired) electrons. The van der Waals surface area contributed by atoms with Gasteiger partial charge in [0.1, 0.15) is 0 Å². The predicted octanol–water partition coefficient (Wildman–Crippen LogP) is 2.18. The summed E-state index contributed by atoms with van der Waals surface area (Å²) >= 11 is 0. The van der Waals surface area contributed by atoms with Crippen molar-refractivity contribution in [2.75, 3.05) is 32.7 Å². The Labute approximate surface area is 146 Å². The quantitative estimate of drug-likeness (QED) is 0.802. The first-order valence-corrected chi connectivity index (χ1v) is 8.96. The van der Waals surface area contributed by atoms with Crippen LogP contribution in [0.25, 0.3) is 0 Å². The van der Waals surface area contributed by atoms with Gasteiger partial charge in [0.05, 0.1) is 0 Å². The summed E-state index contributed by atoms with van der Waals surface area (Å²) in [5, 5.41) is 0. The zero-order valence-electron chi connectivity index (χ0n) is 14.2. The van der Waals surface area contributed by atoms with Gasteiger partial charge in [-0.05, 0) is 25.3 Å². The van der Waals surface area contributed by atoms with Crippen molar-refractivity contribution in [1.29, 1.82) is 0 Å². The van der Waals surface area contributed by atoms with Crippen LogP contribution in [0.1, 0.15) is 57.8 Å². The van der Waals surface area contributed by atoms with E-state index in [9.17, 15) is 9.59 Å². The van der Waals surface area contributed by atoms with Crippen molar-refractivity contribution in [3.05, 3.63) is 0 Å². The van der Waals surface area contributed by atoms with Gasteiger partial charge in [0.25, 0.3) is 0 Å². The minimum atomic E-state index is 0. The Hall–Kier alpha value is -0.810. The molecular weight excluding hydrogens is 314 g/mol. The highest BCUT2D eigenvalue weighted by molar-refractivity contribution is 5.85. The molecule has 2 fully saturated rings. The van der Waals surface area contributed by atoms with Crippen molar-refractivity contribution in [1.82, 2.24) is 9.80 Å². The van der Waals surface area contributed by atoms with Crippen molar-refractivity contribution in [3.63, 3.8) is 0 Å². The van der Waals surface area contributed by atoms with Gasteiger partial charge in [-0.15, -0.1) is 12.4 Å². The third-order valence-corrected chi connectivity index (χ3v) is 5.07. The standard InChI is InChI=1S/C17H31N3O2.ClH/c18-10-4-7-16(21)19-11-13-20(14-12-19)17(22)9-8-15-5-2-1-3-6-15;/h15H,1-14,18H2;1H. The average molecular weight is 346 g/mol. The normalized spacial score (nSPS) is 19.3. The fourth-order valence-electron chi connectivity index (χ4n) is 3.58. The smallest absolute Gasteiger partial charge is 0.222 e. The van der Waals surface area contributed by atoms with E-state index in [-0.39, 0.29) is 24.2 Å². The summed E-state index contributed by atoms with van der Waals surface area (Å²) in [4.78, 5) is 28.0. The van der Waals surface area contributed by atoms with Crippen molar-refractivity contribution in [3.8, 4) is 0 Å². The summed E-state index contributed by atoms with van der Waals surface area (Å²) < 4.78 is 0. The number of rotatable bonds is 6. The maximum atomic E-state index is 12.3. The molecule has 0 bridgehead atoms. The second-order valence-corrected chi connectivity index (χ2v) is 6.70. The van der Waals surface area contributed by atoms with Gasteiger partial charge in [0.15, 0.2) is 0 Å². The maximum absolute atomic E-state index is 12.3. The molecule has 0 aromatic heterocycles. The van der Waals surface area contributed by atoms with E-state index in [1.807, 2.05) is 9.80 Å². The number of hydrogen-bond donors (Lipinski definition) is 1. The number of amides is 2. The molecule has 1 aliphatic heterocycles. The molecule has 1 aliphatic carbocycles. The first kappa shape index (κ1) is 20.2. The second-order valence-electron chi connectivity index (χ2n) is 6.70. The van der Waals surface area contributed by atoms with Gasteiger partial charge in [-0.2, -0.15) is 0 Å². The van der Waals surface area contributed by atoms with Gasteiger partial charge in [-0.1, -0.05) is 32.1 Å². The molecule has 0 spiro atoms. The van der Waals surface area contributed by atoms with Crippen LogP contribution in [-0.2, 0) is 9.59 Å². The van der Waals surface area contributed by atoms with Gasteiger partial charge in [0, 0.05) is 39.0 Å². The molecule has 23 heavy (non-hydrogen) atoms. The summed E-state index contributed by atoms with van der Waals surface area (Å²) in [6.45, 7) is 3.30. The van der Waals surface area contributed by atoms with E-state index >= 15 is 0 Å². The average Bonchev–Trinajstić information content (AvgIpc) is 2.58. The molecule has 0 aromatic carbocycles. The molecule has 1 heterocycles. The van der Waals surface area contributed by atoms with E-state index in [1.165, 1.54) is 32.1 Å². The molecule has 1 saturated carbocycles. The maximum Gasteiger partial charge on any atom is 0.222 e. The van der Waals surface area contributed by atoms with E-state index in [4.69, 9.17) is 5.73 Å². The van der Waals surface area contributed by atoms with E-state index in [0.717, 1.165) is 18.8 Å². The molecule has 2 N–H and O–H groups in total. The van der Waals surface area contributed by atoms with Gasteiger partial charge in [-0.3, -0.25) is 9.59 Å². The minimum absolute atomic E-state index is 0. The monoisotopic (exact) mass is 345 g/mol. The number of nitrogens with zero attached hydrogens (tertiary/aromatic N) is 2. The largest absolute Gasteiger partial charge is 0.339 e. The summed E-state index contributed by atoms with van der Waals surface area (Å²) in [7, 11) is 0. The van der Waals surface area contributed by atoms with E-state index in [0.29, 0.717) is 45.6 Å². The van der Waals surface area contributed by atoms with Crippen LogP contribution in [0.3, 0.4) is 0 Å². The third kappa shape index (κ3) is 6.68. The number of piperazine rings is 1. The van der Waals surface area contributed by atoms with Crippen LogP contribution >= 0.6 is 12.4 Å². The van der Waals surface area contributed by atoms with Crippen molar-refractivity contribution < 1.29 is 9.59 Å². The first-order chi connectivity index (χ1) is 10.7. The molecular formula is C17H32ClN3O2. The zero-order chi connectivity index (χ0) is 15.8. The molecule has 2 rings (SSSR count). The van der Waals surface area contributed by atoms with Crippen LogP contribution < -0.4 is 5.73 Å². The SMILES string of the molecule is Cl.NCCCC(=O)N1CCN(C(=O)CCC2CCCCC2)CC1. The fourth-order valence-corrected chi connectivity index (χ4v) is 3.58. The lowest BCUT2D eigenvalue weighted by Gasteiger charge is -2.35. The fraction of sp³-hybridized carbons (Fsp3) is 0.882. The van der Waals surface area contributed by atoms with E-state index < -0.39 is 0 Å². The highest BCUT2D eigenvalue weighted by atomic mass is 35.5. The summed E-state index contributed by atoms with van der Waals surface area (Å²) in [5.41, 5.74) is 5.44. The zero-order valence-corrected chi connectivity index (χ0v) is 15.0. The number of halogens is 1. The van der Waals surface area contributed by atoms with Crippen molar-refractivity contribution in [2.24, 2.45) is 11.7 Å². The first-order valence-electron chi connectivity index (χ1n) is 8.96.